The van der Waals surface area contributed by atoms with Gasteiger partial charge in [0.05, 0.1) is 11.6 Å². The topological polar surface area (TPSA) is 48.8 Å². The Kier molecular flexibility index (Phi) is 4.17. The molecule has 1 unspecified atom stereocenters. The molecule has 0 aliphatic heterocycles. The Morgan fingerprint density at radius 3 is 2.35 bits per heavy atom. The maximum atomic E-state index is 12.3. The van der Waals surface area contributed by atoms with Crippen LogP contribution in [0.1, 0.15) is 18.1 Å². The van der Waals surface area contributed by atoms with E-state index in [9.17, 15) is 13.2 Å². The molecule has 0 aromatic heterocycles. The number of hydrogen-bond donors (Lipinski definition) is 0. The Balaban J connectivity index is 2.79. The van der Waals surface area contributed by atoms with Gasteiger partial charge in [-0.25, -0.2) is 0 Å². The van der Waals surface area contributed by atoms with Gasteiger partial charge in [0, 0.05) is 4.91 Å². The molecule has 0 radical (unpaired) electrons. The Hall–Kier alpha value is -1.94. The molecule has 1 aromatic rings. The van der Waals surface area contributed by atoms with Crippen molar-refractivity contribution in [1.82, 2.24) is 0 Å². The van der Waals surface area contributed by atoms with Crippen molar-refractivity contribution in [2.75, 3.05) is 0 Å². The van der Waals surface area contributed by atoms with E-state index in [2.05, 4.69) is 10.0 Å². The predicted octanol–water partition coefficient (Wildman–Crippen LogP) is 4.42. The van der Waals surface area contributed by atoms with Gasteiger partial charge >= 0.3 is 6.18 Å². The molecule has 6 heteroatoms. The highest BCUT2D eigenvalue weighted by atomic mass is 19.4. The zero-order valence-corrected chi connectivity index (χ0v) is 9.02. The van der Waals surface area contributed by atoms with Crippen LogP contribution < -0.4 is 0 Å². The largest absolute Gasteiger partial charge is 0.416 e. The van der Waals surface area contributed by atoms with Gasteiger partial charge in [-0.3, -0.25) is 0 Å². The molecule has 0 saturated heterocycles. The lowest BCUT2D eigenvalue weighted by molar-refractivity contribution is -0.137. The summed E-state index contributed by atoms with van der Waals surface area (Å²) in [5, 5.41) is 3.41. The van der Waals surface area contributed by atoms with Crippen molar-refractivity contribution < 1.29 is 13.2 Å². The van der Waals surface area contributed by atoms with Crippen LogP contribution in [0.3, 0.4) is 0 Å². The first-order chi connectivity index (χ1) is 7.93. The first-order valence-electron chi connectivity index (χ1n) is 4.83. The fourth-order valence-corrected chi connectivity index (χ4v) is 1.15. The van der Waals surface area contributed by atoms with Crippen molar-refractivity contribution >= 4 is 6.08 Å². The Labute approximate surface area is 96.2 Å². The van der Waals surface area contributed by atoms with Crippen LogP contribution in [0.4, 0.5) is 13.2 Å². The maximum absolute atomic E-state index is 12.3. The van der Waals surface area contributed by atoms with E-state index in [1.807, 2.05) is 0 Å². The molecule has 0 aliphatic carbocycles. The molecule has 0 aliphatic rings. The Morgan fingerprint density at radius 2 is 1.88 bits per heavy atom. The fourth-order valence-electron chi connectivity index (χ4n) is 1.15. The van der Waals surface area contributed by atoms with Gasteiger partial charge in [0.2, 0.25) is 0 Å². The summed E-state index contributed by atoms with van der Waals surface area (Å²) in [4.78, 5) is 2.62. The average Bonchev–Trinajstić information content (AvgIpc) is 2.26. The van der Waals surface area contributed by atoms with Crippen molar-refractivity contribution in [2.24, 2.45) is 5.11 Å². The van der Waals surface area contributed by atoms with Gasteiger partial charge in [0.15, 0.2) is 0 Å². The molecule has 3 nitrogen and oxygen atoms in total. The molecule has 0 fully saturated rings. The molecule has 90 valence electrons. The minimum Gasteiger partial charge on any atom is -0.166 e. The van der Waals surface area contributed by atoms with Crippen LogP contribution in [0.5, 0.6) is 0 Å². The van der Waals surface area contributed by atoms with Crippen molar-refractivity contribution in [3.05, 3.63) is 51.9 Å². The van der Waals surface area contributed by atoms with Gasteiger partial charge in [-0.15, -0.1) is 0 Å². The van der Waals surface area contributed by atoms with E-state index >= 15 is 0 Å². The summed E-state index contributed by atoms with van der Waals surface area (Å²) >= 11 is 0. The fraction of sp³-hybridized carbons (Fsp3) is 0.273. The van der Waals surface area contributed by atoms with Gasteiger partial charge in [-0.1, -0.05) is 36.3 Å². The van der Waals surface area contributed by atoms with E-state index in [0.717, 1.165) is 12.1 Å². The number of halogens is 3. The molecule has 0 amide bonds. The molecule has 17 heavy (non-hydrogen) atoms. The second-order valence-electron chi connectivity index (χ2n) is 3.42. The molecule has 1 rings (SSSR count). The molecule has 0 spiro atoms. The number of benzene rings is 1. The van der Waals surface area contributed by atoms with Crippen molar-refractivity contribution in [1.29, 1.82) is 0 Å². The van der Waals surface area contributed by atoms with Gasteiger partial charge in [0.1, 0.15) is 0 Å². The van der Waals surface area contributed by atoms with Crippen LogP contribution in [-0.2, 0) is 6.18 Å². The van der Waals surface area contributed by atoms with Crippen LogP contribution >= 0.6 is 0 Å². The number of hydrogen-bond acceptors (Lipinski definition) is 1. The van der Waals surface area contributed by atoms with E-state index in [0.29, 0.717) is 5.56 Å². The molecule has 1 atom stereocenters. The third kappa shape index (κ3) is 4.20. The third-order valence-corrected chi connectivity index (χ3v) is 2.04. The molecular weight excluding hydrogens is 231 g/mol. The lowest BCUT2D eigenvalue weighted by atomic mass is 10.1. The number of azide groups is 1. The summed E-state index contributed by atoms with van der Waals surface area (Å²) in [5.41, 5.74) is 8.10. The van der Waals surface area contributed by atoms with Crippen LogP contribution in [-0.4, -0.2) is 6.04 Å². The maximum Gasteiger partial charge on any atom is 0.416 e. The normalized spacial score (nSPS) is 13.4. The number of nitrogens with zero attached hydrogens (tertiary/aromatic N) is 3. The highest BCUT2D eigenvalue weighted by Crippen LogP contribution is 2.29. The average molecular weight is 241 g/mol. The van der Waals surface area contributed by atoms with Gasteiger partial charge in [-0.05, 0) is 23.2 Å². The predicted molar refractivity (Wildman–Crippen MR) is 59.1 cm³/mol. The smallest absolute Gasteiger partial charge is 0.166 e. The summed E-state index contributed by atoms with van der Waals surface area (Å²) in [7, 11) is 0. The van der Waals surface area contributed by atoms with Gasteiger partial charge in [0.25, 0.3) is 0 Å². The standard InChI is InChI=1S/C11H10F3N3/c1-8(16-17-15)2-3-9-4-6-10(7-5-9)11(12,13)14/h2-8H,1H3/b3-2+. The van der Waals surface area contributed by atoms with Crippen LogP contribution in [0.2, 0.25) is 0 Å². The molecule has 0 N–H and O–H groups in total. The minimum absolute atomic E-state index is 0.331. The zero-order chi connectivity index (χ0) is 12.9. The van der Waals surface area contributed by atoms with E-state index in [1.165, 1.54) is 12.1 Å². The van der Waals surface area contributed by atoms with Gasteiger partial charge in [-0.2, -0.15) is 13.2 Å². The minimum atomic E-state index is -4.32. The van der Waals surface area contributed by atoms with E-state index < -0.39 is 11.7 Å². The highest BCUT2D eigenvalue weighted by Gasteiger charge is 2.29. The summed E-state index contributed by atoms with van der Waals surface area (Å²) in [6, 6.07) is 4.42. The number of rotatable bonds is 3. The quantitative estimate of drug-likeness (QED) is 0.427. The summed E-state index contributed by atoms with van der Waals surface area (Å²) in [5.74, 6) is 0. The molecule has 0 heterocycles. The zero-order valence-electron chi connectivity index (χ0n) is 9.02. The van der Waals surface area contributed by atoms with Crippen molar-refractivity contribution in [3.8, 4) is 0 Å². The third-order valence-electron chi connectivity index (χ3n) is 2.04. The first-order valence-corrected chi connectivity index (χ1v) is 4.83. The molecule has 1 aromatic carbocycles. The first kappa shape index (κ1) is 13.1. The molecular formula is C11H10F3N3. The summed E-state index contributed by atoms with van der Waals surface area (Å²) in [6.07, 6.45) is -1.09. The van der Waals surface area contributed by atoms with E-state index in [1.54, 1.807) is 19.1 Å². The van der Waals surface area contributed by atoms with Crippen LogP contribution in [0, 0.1) is 0 Å². The van der Waals surface area contributed by atoms with Crippen molar-refractivity contribution in [2.45, 2.75) is 19.1 Å². The summed E-state index contributed by atoms with van der Waals surface area (Å²) < 4.78 is 36.8. The highest BCUT2D eigenvalue weighted by molar-refractivity contribution is 5.50. The van der Waals surface area contributed by atoms with Crippen LogP contribution in [0.25, 0.3) is 16.5 Å². The lowest BCUT2D eigenvalue weighted by Gasteiger charge is -2.06. The second-order valence-corrected chi connectivity index (χ2v) is 3.42. The molecule has 0 bridgehead atoms. The Bertz CT molecular complexity index is 442. The number of alkyl halides is 3. The van der Waals surface area contributed by atoms with E-state index in [-0.39, 0.29) is 6.04 Å². The summed E-state index contributed by atoms with van der Waals surface area (Å²) in [6.45, 7) is 1.68. The van der Waals surface area contributed by atoms with E-state index in [4.69, 9.17) is 5.53 Å². The van der Waals surface area contributed by atoms with Crippen LogP contribution in [0.15, 0.2) is 35.5 Å². The SMILES string of the molecule is CC(/C=C/c1ccc(C(F)(F)F)cc1)N=[N+]=[N-]. The Morgan fingerprint density at radius 1 is 1.29 bits per heavy atom. The van der Waals surface area contributed by atoms with Crippen molar-refractivity contribution in [3.63, 3.8) is 0 Å². The molecule has 0 saturated carbocycles. The monoisotopic (exact) mass is 241 g/mol. The lowest BCUT2D eigenvalue weighted by Crippen LogP contribution is -2.03. The second kappa shape index (κ2) is 5.41. The van der Waals surface area contributed by atoms with Gasteiger partial charge < -0.3 is 0 Å².